The van der Waals surface area contributed by atoms with E-state index in [2.05, 4.69) is 24.1 Å². The number of benzene rings is 1. The molecule has 0 radical (unpaired) electrons. The van der Waals surface area contributed by atoms with E-state index >= 15 is 0 Å². The van der Waals surface area contributed by atoms with Crippen LogP contribution in [0.4, 0.5) is 8.78 Å². The quantitative estimate of drug-likeness (QED) is 0.866. The van der Waals surface area contributed by atoms with Crippen molar-refractivity contribution in [2.75, 3.05) is 19.6 Å². The van der Waals surface area contributed by atoms with E-state index in [0.717, 1.165) is 37.7 Å². The molecule has 2 rings (SSSR count). The highest BCUT2D eigenvalue weighted by atomic mass is 19.1. The number of rotatable bonds is 6. The molecular formula is C17H26F2N2. The van der Waals surface area contributed by atoms with Crippen LogP contribution in [0.1, 0.15) is 38.7 Å². The second-order valence-electron chi connectivity index (χ2n) is 5.98. The minimum Gasteiger partial charge on any atom is -0.311 e. The molecule has 0 bridgehead atoms. The summed E-state index contributed by atoms with van der Waals surface area (Å²) < 4.78 is 26.5. The molecule has 1 N–H and O–H groups in total. The van der Waals surface area contributed by atoms with E-state index in [0.29, 0.717) is 18.5 Å². The monoisotopic (exact) mass is 296 g/mol. The van der Waals surface area contributed by atoms with Gasteiger partial charge in [0.1, 0.15) is 11.6 Å². The fourth-order valence-electron chi connectivity index (χ4n) is 3.17. The lowest BCUT2D eigenvalue weighted by molar-refractivity contribution is 0.124. The van der Waals surface area contributed by atoms with Crippen LogP contribution in [0.5, 0.6) is 0 Å². The van der Waals surface area contributed by atoms with Crippen LogP contribution >= 0.6 is 0 Å². The zero-order valence-corrected chi connectivity index (χ0v) is 13.0. The van der Waals surface area contributed by atoms with Gasteiger partial charge in [-0.3, -0.25) is 4.90 Å². The Morgan fingerprint density at radius 1 is 1.19 bits per heavy atom. The first-order valence-electron chi connectivity index (χ1n) is 8.04. The maximum absolute atomic E-state index is 13.2. The fraction of sp³-hybridized carbons (Fsp3) is 0.647. The van der Waals surface area contributed by atoms with Crippen molar-refractivity contribution < 1.29 is 8.78 Å². The van der Waals surface area contributed by atoms with Gasteiger partial charge in [0.25, 0.3) is 0 Å². The molecule has 0 amide bonds. The predicted octanol–water partition coefficient (Wildman–Crippen LogP) is 3.36. The molecule has 1 aliphatic heterocycles. The Balaban J connectivity index is 1.94. The van der Waals surface area contributed by atoms with Crippen molar-refractivity contribution in [3.8, 4) is 0 Å². The molecule has 2 atom stereocenters. The minimum absolute atomic E-state index is 0.485. The molecule has 0 spiro atoms. The van der Waals surface area contributed by atoms with Gasteiger partial charge in [0, 0.05) is 37.8 Å². The van der Waals surface area contributed by atoms with Crippen molar-refractivity contribution in [2.24, 2.45) is 0 Å². The number of piperazine rings is 1. The van der Waals surface area contributed by atoms with Crippen molar-refractivity contribution in [1.82, 2.24) is 10.2 Å². The molecule has 1 aliphatic rings. The first kappa shape index (κ1) is 16.4. The van der Waals surface area contributed by atoms with Gasteiger partial charge in [0.2, 0.25) is 0 Å². The minimum atomic E-state index is -0.485. The Bertz CT molecular complexity index is 430. The van der Waals surface area contributed by atoms with Crippen LogP contribution in [0.15, 0.2) is 18.2 Å². The van der Waals surface area contributed by atoms with Gasteiger partial charge >= 0.3 is 0 Å². The van der Waals surface area contributed by atoms with Crippen LogP contribution in [0.2, 0.25) is 0 Å². The molecule has 1 saturated heterocycles. The molecular weight excluding hydrogens is 270 g/mol. The molecule has 118 valence electrons. The van der Waals surface area contributed by atoms with Gasteiger partial charge in [-0.1, -0.05) is 20.3 Å². The summed E-state index contributed by atoms with van der Waals surface area (Å²) in [6, 6.07) is 4.88. The average molecular weight is 296 g/mol. The Morgan fingerprint density at radius 2 is 1.90 bits per heavy atom. The number of hydrogen-bond acceptors (Lipinski definition) is 2. The SMILES string of the molecule is CCCC1CN(CCc2cc(F)cc(F)c2)C(CC)CN1. The lowest BCUT2D eigenvalue weighted by Crippen LogP contribution is -2.56. The van der Waals surface area contributed by atoms with Gasteiger partial charge in [0.05, 0.1) is 0 Å². The lowest BCUT2D eigenvalue weighted by atomic mass is 10.0. The number of halogens is 2. The third kappa shape index (κ3) is 4.75. The average Bonchev–Trinajstić information content (AvgIpc) is 2.45. The van der Waals surface area contributed by atoms with Crippen molar-refractivity contribution in [3.05, 3.63) is 35.4 Å². The summed E-state index contributed by atoms with van der Waals surface area (Å²) in [5.41, 5.74) is 0.743. The van der Waals surface area contributed by atoms with Crippen LogP contribution in [0.25, 0.3) is 0 Å². The fourth-order valence-corrected chi connectivity index (χ4v) is 3.17. The summed E-state index contributed by atoms with van der Waals surface area (Å²) in [7, 11) is 0. The topological polar surface area (TPSA) is 15.3 Å². The predicted molar refractivity (Wildman–Crippen MR) is 82.4 cm³/mol. The zero-order valence-electron chi connectivity index (χ0n) is 13.0. The largest absolute Gasteiger partial charge is 0.311 e. The molecule has 1 heterocycles. The summed E-state index contributed by atoms with van der Waals surface area (Å²) in [6.07, 6.45) is 4.16. The van der Waals surface area contributed by atoms with E-state index < -0.39 is 11.6 Å². The second kappa shape index (κ2) is 7.85. The molecule has 1 aromatic rings. The van der Waals surface area contributed by atoms with Crippen molar-refractivity contribution >= 4 is 0 Å². The molecule has 1 aromatic carbocycles. The van der Waals surface area contributed by atoms with Gasteiger partial charge in [-0.15, -0.1) is 0 Å². The highest BCUT2D eigenvalue weighted by molar-refractivity contribution is 5.18. The molecule has 4 heteroatoms. The van der Waals surface area contributed by atoms with Crippen LogP contribution in [0.3, 0.4) is 0 Å². The van der Waals surface area contributed by atoms with Gasteiger partial charge in [-0.25, -0.2) is 8.78 Å². The van der Waals surface area contributed by atoms with Crippen LogP contribution < -0.4 is 5.32 Å². The molecule has 1 fully saturated rings. The third-order valence-corrected chi connectivity index (χ3v) is 4.33. The molecule has 0 aliphatic carbocycles. The van der Waals surface area contributed by atoms with Crippen LogP contribution in [-0.2, 0) is 6.42 Å². The smallest absolute Gasteiger partial charge is 0.126 e. The van der Waals surface area contributed by atoms with E-state index in [1.54, 1.807) is 0 Å². The van der Waals surface area contributed by atoms with Gasteiger partial charge in [-0.2, -0.15) is 0 Å². The van der Waals surface area contributed by atoms with Gasteiger partial charge in [0.15, 0.2) is 0 Å². The third-order valence-electron chi connectivity index (χ3n) is 4.33. The van der Waals surface area contributed by atoms with Crippen molar-refractivity contribution in [2.45, 2.75) is 51.6 Å². The van der Waals surface area contributed by atoms with Gasteiger partial charge in [-0.05, 0) is 37.0 Å². The molecule has 21 heavy (non-hydrogen) atoms. The van der Waals surface area contributed by atoms with E-state index in [4.69, 9.17) is 0 Å². The standard InChI is InChI=1S/C17H26F2N2/c1-3-5-16-12-21(17(4-2)11-20-16)7-6-13-8-14(18)10-15(19)9-13/h8-10,16-17,20H,3-7,11-12H2,1-2H3. The van der Waals surface area contributed by atoms with Crippen LogP contribution in [-0.4, -0.2) is 36.6 Å². The summed E-state index contributed by atoms with van der Waals surface area (Å²) in [6.45, 7) is 7.31. The lowest BCUT2D eigenvalue weighted by Gasteiger charge is -2.40. The van der Waals surface area contributed by atoms with Crippen LogP contribution in [0, 0.1) is 11.6 Å². The molecule has 2 nitrogen and oxygen atoms in total. The van der Waals surface area contributed by atoms with Crippen molar-refractivity contribution in [1.29, 1.82) is 0 Å². The number of nitrogens with zero attached hydrogens (tertiary/aromatic N) is 1. The number of hydrogen-bond donors (Lipinski definition) is 1. The number of nitrogens with one attached hydrogen (secondary N) is 1. The van der Waals surface area contributed by atoms with E-state index in [1.165, 1.54) is 25.0 Å². The first-order valence-corrected chi connectivity index (χ1v) is 8.04. The maximum atomic E-state index is 13.2. The summed E-state index contributed by atoms with van der Waals surface area (Å²) in [5.74, 6) is -0.970. The van der Waals surface area contributed by atoms with E-state index in [1.807, 2.05) is 0 Å². The molecule has 2 unspecified atom stereocenters. The maximum Gasteiger partial charge on any atom is 0.126 e. The molecule has 0 aromatic heterocycles. The van der Waals surface area contributed by atoms with Gasteiger partial charge < -0.3 is 5.32 Å². The summed E-state index contributed by atoms with van der Waals surface area (Å²) >= 11 is 0. The highest BCUT2D eigenvalue weighted by Crippen LogP contribution is 2.15. The van der Waals surface area contributed by atoms with E-state index in [9.17, 15) is 8.78 Å². The van der Waals surface area contributed by atoms with E-state index in [-0.39, 0.29) is 0 Å². The Hall–Kier alpha value is -1.00. The zero-order chi connectivity index (χ0) is 15.2. The first-order chi connectivity index (χ1) is 10.1. The Kier molecular flexibility index (Phi) is 6.12. The Morgan fingerprint density at radius 3 is 2.52 bits per heavy atom. The Labute approximate surface area is 126 Å². The molecule has 0 saturated carbocycles. The normalized spacial score (nSPS) is 23.4. The highest BCUT2D eigenvalue weighted by Gasteiger charge is 2.25. The van der Waals surface area contributed by atoms with Crippen molar-refractivity contribution in [3.63, 3.8) is 0 Å². The summed E-state index contributed by atoms with van der Waals surface area (Å²) in [4.78, 5) is 2.47. The second-order valence-corrected chi connectivity index (χ2v) is 5.98. The summed E-state index contributed by atoms with van der Waals surface area (Å²) in [5, 5.41) is 3.61.